The van der Waals surface area contributed by atoms with E-state index in [0.717, 1.165) is 13.0 Å². The fraction of sp³-hybridized carbons (Fsp3) is 0.900. The molecule has 0 atom stereocenters. The molecular formula is C10H19NOS. The molecule has 1 rings (SSSR count). The van der Waals surface area contributed by atoms with Crippen LogP contribution in [0.15, 0.2) is 0 Å². The third-order valence-electron chi connectivity index (χ3n) is 2.80. The quantitative estimate of drug-likeness (QED) is 0.693. The Labute approximate surface area is 85.8 Å². The average Bonchev–Trinajstić information content (AvgIpc) is 1.94. The van der Waals surface area contributed by atoms with E-state index < -0.39 is 0 Å². The van der Waals surface area contributed by atoms with Crippen LogP contribution in [0.4, 0.5) is 0 Å². The van der Waals surface area contributed by atoms with Gasteiger partial charge in [0.2, 0.25) is 0 Å². The summed E-state index contributed by atoms with van der Waals surface area (Å²) >= 11 is 4.98. The Kier molecular flexibility index (Phi) is 3.68. The maximum Gasteiger partial charge on any atom is 0.0785 e. The van der Waals surface area contributed by atoms with E-state index in [9.17, 15) is 0 Å². The third kappa shape index (κ3) is 3.24. The van der Waals surface area contributed by atoms with Crippen molar-refractivity contribution in [2.24, 2.45) is 11.1 Å². The zero-order chi connectivity index (χ0) is 9.90. The second-order valence-corrected chi connectivity index (χ2v) is 4.86. The number of hydrogen-bond acceptors (Lipinski definition) is 2. The molecule has 0 unspecified atom stereocenters. The molecule has 13 heavy (non-hydrogen) atoms. The van der Waals surface area contributed by atoms with Gasteiger partial charge in [-0.1, -0.05) is 26.1 Å². The van der Waals surface area contributed by atoms with Gasteiger partial charge in [0.1, 0.15) is 0 Å². The SMILES string of the molecule is CC(C)(CCOC1CCC1)C(N)=S. The number of thiocarbonyl (C=S) groups is 1. The lowest BCUT2D eigenvalue weighted by molar-refractivity contribution is -0.00494. The van der Waals surface area contributed by atoms with E-state index in [0.29, 0.717) is 11.1 Å². The predicted octanol–water partition coefficient (Wildman–Crippen LogP) is 2.26. The Balaban J connectivity index is 2.13. The molecule has 0 aromatic carbocycles. The summed E-state index contributed by atoms with van der Waals surface area (Å²) < 4.78 is 5.65. The van der Waals surface area contributed by atoms with Gasteiger partial charge in [0.15, 0.2) is 0 Å². The molecule has 0 spiro atoms. The summed E-state index contributed by atoms with van der Waals surface area (Å²) in [6.45, 7) is 4.92. The van der Waals surface area contributed by atoms with E-state index in [1.54, 1.807) is 0 Å². The van der Waals surface area contributed by atoms with Crippen LogP contribution in [-0.4, -0.2) is 17.7 Å². The lowest BCUT2D eigenvalue weighted by atomic mass is 9.89. The largest absolute Gasteiger partial charge is 0.393 e. The van der Waals surface area contributed by atoms with Gasteiger partial charge in [-0.15, -0.1) is 0 Å². The zero-order valence-electron chi connectivity index (χ0n) is 8.51. The molecule has 0 aromatic heterocycles. The lowest BCUT2D eigenvalue weighted by Crippen LogP contribution is -2.32. The molecule has 0 heterocycles. The maximum absolute atomic E-state index is 5.65. The van der Waals surface area contributed by atoms with Gasteiger partial charge < -0.3 is 10.5 Å². The Hall–Kier alpha value is -0.150. The highest BCUT2D eigenvalue weighted by Gasteiger charge is 2.23. The monoisotopic (exact) mass is 201 g/mol. The number of hydrogen-bond donors (Lipinski definition) is 1. The molecule has 1 fully saturated rings. The van der Waals surface area contributed by atoms with Gasteiger partial charge in [-0.3, -0.25) is 0 Å². The Morgan fingerprint density at radius 1 is 1.54 bits per heavy atom. The number of nitrogens with two attached hydrogens (primary N) is 1. The summed E-state index contributed by atoms with van der Waals surface area (Å²) in [6.07, 6.45) is 5.23. The molecule has 1 aliphatic carbocycles. The molecule has 0 amide bonds. The van der Waals surface area contributed by atoms with Crippen LogP contribution < -0.4 is 5.73 Å². The third-order valence-corrected chi connectivity index (χ3v) is 3.35. The van der Waals surface area contributed by atoms with Gasteiger partial charge in [0.25, 0.3) is 0 Å². The fourth-order valence-corrected chi connectivity index (χ4v) is 1.24. The molecule has 2 nitrogen and oxygen atoms in total. The van der Waals surface area contributed by atoms with Gasteiger partial charge in [0, 0.05) is 12.0 Å². The normalized spacial score (nSPS) is 18.3. The first-order valence-electron chi connectivity index (χ1n) is 4.94. The van der Waals surface area contributed by atoms with Crippen LogP contribution >= 0.6 is 12.2 Å². The lowest BCUT2D eigenvalue weighted by Gasteiger charge is -2.28. The molecule has 0 saturated heterocycles. The van der Waals surface area contributed by atoms with Gasteiger partial charge in [-0.25, -0.2) is 0 Å². The zero-order valence-corrected chi connectivity index (χ0v) is 9.32. The minimum Gasteiger partial charge on any atom is -0.393 e. The van der Waals surface area contributed by atoms with Crippen molar-refractivity contribution >= 4 is 17.2 Å². The average molecular weight is 201 g/mol. The van der Waals surface area contributed by atoms with Crippen LogP contribution in [0.5, 0.6) is 0 Å². The van der Waals surface area contributed by atoms with Crippen molar-refractivity contribution in [2.45, 2.75) is 45.6 Å². The van der Waals surface area contributed by atoms with E-state index >= 15 is 0 Å². The maximum atomic E-state index is 5.65. The van der Waals surface area contributed by atoms with Crippen molar-refractivity contribution in [3.63, 3.8) is 0 Å². The smallest absolute Gasteiger partial charge is 0.0785 e. The van der Waals surface area contributed by atoms with Crippen molar-refractivity contribution < 1.29 is 4.74 Å². The van der Waals surface area contributed by atoms with Gasteiger partial charge in [-0.05, 0) is 25.7 Å². The molecule has 1 saturated carbocycles. The van der Waals surface area contributed by atoms with E-state index in [1.807, 2.05) is 0 Å². The molecule has 0 aromatic rings. The highest BCUT2D eigenvalue weighted by atomic mass is 32.1. The predicted molar refractivity (Wildman–Crippen MR) is 58.8 cm³/mol. The van der Waals surface area contributed by atoms with Crippen LogP contribution in [0.25, 0.3) is 0 Å². The number of rotatable bonds is 5. The summed E-state index contributed by atoms with van der Waals surface area (Å²) in [7, 11) is 0. The highest BCUT2D eigenvalue weighted by Crippen LogP contribution is 2.25. The van der Waals surface area contributed by atoms with Crippen molar-refractivity contribution in [1.29, 1.82) is 0 Å². The van der Waals surface area contributed by atoms with E-state index in [1.165, 1.54) is 19.3 Å². The second kappa shape index (κ2) is 4.38. The topological polar surface area (TPSA) is 35.2 Å². The van der Waals surface area contributed by atoms with Gasteiger partial charge >= 0.3 is 0 Å². The Morgan fingerprint density at radius 2 is 2.15 bits per heavy atom. The highest BCUT2D eigenvalue weighted by molar-refractivity contribution is 7.80. The van der Waals surface area contributed by atoms with Crippen molar-refractivity contribution in [2.75, 3.05) is 6.61 Å². The van der Waals surface area contributed by atoms with E-state index in [-0.39, 0.29) is 5.41 Å². The van der Waals surface area contributed by atoms with Crippen molar-refractivity contribution in [3.8, 4) is 0 Å². The summed E-state index contributed by atoms with van der Waals surface area (Å²) in [6, 6.07) is 0. The molecular weight excluding hydrogens is 182 g/mol. The van der Waals surface area contributed by atoms with Crippen LogP contribution in [0, 0.1) is 5.41 Å². The van der Waals surface area contributed by atoms with E-state index in [2.05, 4.69) is 13.8 Å². The molecule has 0 radical (unpaired) electrons. The van der Waals surface area contributed by atoms with Gasteiger partial charge in [0.05, 0.1) is 11.1 Å². The first kappa shape index (κ1) is 10.9. The molecule has 0 bridgehead atoms. The molecule has 0 aliphatic heterocycles. The molecule has 76 valence electrons. The summed E-state index contributed by atoms with van der Waals surface area (Å²) in [5, 5.41) is 0. The molecule has 3 heteroatoms. The Morgan fingerprint density at radius 3 is 2.54 bits per heavy atom. The second-order valence-electron chi connectivity index (χ2n) is 4.42. The van der Waals surface area contributed by atoms with Crippen LogP contribution in [-0.2, 0) is 4.74 Å². The summed E-state index contributed by atoms with van der Waals surface area (Å²) in [5.74, 6) is 0. The first-order valence-corrected chi connectivity index (χ1v) is 5.35. The summed E-state index contributed by atoms with van der Waals surface area (Å²) in [4.78, 5) is 0.588. The molecule has 1 aliphatic rings. The first-order chi connectivity index (χ1) is 6.02. The van der Waals surface area contributed by atoms with Crippen molar-refractivity contribution in [1.82, 2.24) is 0 Å². The fourth-order valence-electron chi connectivity index (χ4n) is 1.14. The van der Waals surface area contributed by atoms with Crippen molar-refractivity contribution in [3.05, 3.63) is 0 Å². The minimum absolute atomic E-state index is 0.0565. The Bertz CT molecular complexity index is 187. The van der Waals surface area contributed by atoms with E-state index in [4.69, 9.17) is 22.7 Å². The van der Waals surface area contributed by atoms with Crippen LogP contribution in [0.2, 0.25) is 0 Å². The standard InChI is InChI=1S/C10H19NOS/c1-10(2,9(11)13)6-7-12-8-4-3-5-8/h8H,3-7H2,1-2H3,(H2,11,13). The van der Waals surface area contributed by atoms with Crippen LogP contribution in [0.1, 0.15) is 39.5 Å². The van der Waals surface area contributed by atoms with Gasteiger partial charge in [-0.2, -0.15) is 0 Å². The summed E-state index contributed by atoms with van der Waals surface area (Å²) in [5.41, 5.74) is 5.55. The minimum atomic E-state index is -0.0565. The number of ether oxygens (including phenoxy) is 1. The van der Waals surface area contributed by atoms with Crippen LogP contribution in [0.3, 0.4) is 0 Å². The molecule has 2 N–H and O–H groups in total.